The zero-order valence-electron chi connectivity index (χ0n) is 21.8. The van der Waals surface area contributed by atoms with Gasteiger partial charge in [-0.15, -0.1) is 0 Å². The second kappa shape index (κ2) is 8.37. The smallest absolute Gasteiger partial charge is 0.281 e. The van der Waals surface area contributed by atoms with Crippen LogP contribution in [0.15, 0.2) is 53.7 Å². The standard InChI is InChI=1S/C29H29N7O2/c1-33(2)28(37)22-16-35(14-17-4-5-17)27-25(19-8-10-23(30-13-19)18-6-7-18)29(38)36(32-26(22)27)21-9-11-24-20(12-21)15-34(3)31-24/h8-13,15-18H,4-7,14H2,1-3H3. The average Bonchev–Trinajstić information content (AvgIpc) is 3.83. The van der Waals surface area contributed by atoms with Gasteiger partial charge >= 0.3 is 0 Å². The maximum atomic E-state index is 14.3. The van der Waals surface area contributed by atoms with Crippen molar-refractivity contribution in [1.29, 1.82) is 0 Å². The number of carbonyl (C=O) groups is 1. The number of aromatic nitrogens is 6. The Morgan fingerprint density at radius 3 is 2.55 bits per heavy atom. The number of hydrogen-bond donors (Lipinski definition) is 0. The molecular formula is C29H29N7O2. The van der Waals surface area contributed by atoms with Crippen LogP contribution in [0, 0.1) is 5.92 Å². The normalized spacial score (nSPS) is 15.4. The Kier molecular flexibility index (Phi) is 5.04. The molecule has 1 amide bonds. The van der Waals surface area contributed by atoms with Crippen LogP contribution in [0.4, 0.5) is 0 Å². The molecule has 0 radical (unpaired) electrons. The van der Waals surface area contributed by atoms with Crippen molar-refractivity contribution in [3.05, 3.63) is 70.5 Å². The van der Waals surface area contributed by atoms with Gasteiger partial charge in [-0.05, 0) is 55.9 Å². The van der Waals surface area contributed by atoms with E-state index < -0.39 is 0 Å². The van der Waals surface area contributed by atoms with Gasteiger partial charge in [0.25, 0.3) is 11.5 Å². The molecule has 0 bridgehead atoms. The summed E-state index contributed by atoms with van der Waals surface area (Å²) in [6.45, 7) is 0.755. The van der Waals surface area contributed by atoms with Crippen molar-refractivity contribution in [1.82, 2.24) is 34.0 Å². The molecule has 9 nitrogen and oxygen atoms in total. The van der Waals surface area contributed by atoms with Gasteiger partial charge in [0.15, 0.2) is 0 Å². The summed E-state index contributed by atoms with van der Waals surface area (Å²) in [4.78, 5) is 33.9. The third-order valence-electron chi connectivity index (χ3n) is 7.60. The topological polar surface area (TPSA) is 90.8 Å². The molecule has 0 N–H and O–H groups in total. The Morgan fingerprint density at radius 1 is 1.05 bits per heavy atom. The van der Waals surface area contributed by atoms with Gasteiger partial charge in [0.1, 0.15) is 5.52 Å². The molecule has 4 heterocycles. The minimum Gasteiger partial charge on any atom is -0.345 e. The Labute approximate surface area is 219 Å². The third-order valence-corrected chi connectivity index (χ3v) is 7.60. The number of pyridine rings is 1. The van der Waals surface area contributed by atoms with Gasteiger partial charge in [0.2, 0.25) is 0 Å². The zero-order valence-corrected chi connectivity index (χ0v) is 21.8. The Morgan fingerprint density at radius 2 is 1.87 bits per heavy atom. The van der Waals surface area contributed by atoms with Crippen LogP contribution < -0.4 is 5.56 Å². The second-order valence-electron chi connectivity index (χ2n) is 10.9. The van der Waals surface area contributed by atoms with Crippen molar-refractivity contribution in [3.8, 4) is 16.8 Å². The van der Waals surface area contributed by atoms with Gasteiger partial charge in [-0.2, -0.15) is 14.9 Å². The van der Waals surface area contributed by atoms with Gasteiger partial charge in [-0.3, -0.25) is 19.3 Å². The lowest BCUT2D eigenvalue weighted by Crippen LogP contribution is -2.25. The van der Waals surface area contributed by atoms with E-state index in [1.807, 2.05) is 49.8 Å². The lowest BCUT2D eigenvalue weighted by atomic mass is 10.1. The number of aryl methyl sites for hydroxylation is 1. The van der Waals surface area contributed by atoms with Crippen molar-refractivity contribution in [3.63, 3.8) is 0 Å². The molecule has 0 aliphatic heterocycles. The molecule has 38 heavy (non-hydrogen) atoms. The second-order valence-corrected chi connectivity index (χ2v) is 10.9. The van der Waals surface area contributed by atoms with Gasteiger partial charge in [0, 0.05) is 68.8 Å². The van der Waals surface area contributed by atoms with Crippen molar-refractivity contribution in [2.24, 2.45) is 13.0 Å². The van der Waals surface area contributed by atoms with Crippen molar-refractivity contribution >= 4 is 27.8 Å². The summed E-state index contributed by atoms with van der Waals surface area (Å²) in [7, 11) is 5.34. The van der Waals surface area contributed by atoms with E-state index in [0.29, 0.717) is 39.7 Å². The molecule has 1 aromatic carbocycles. The Bertz CT molecular complexity index is 1780. The quantitative estimate of drug-likeness (QED) is 0.345. The molecule has 2 aliphatic carbocycles. The van der Waals surface area contributed by atoms with E-state index in [4.69, 9.17) is 10.1 Å². The van der Waals surface area contributed by atoms with Crippen LogP contribution in [0.5, 0.6) is 0 Å². The van der Waals surface area contributed by atoms with E-state index in [0.717, 1.165) is 54.4 Å². The predicted octanol–water partition coefficient (Wildman–Crippen LogP) is 4.13. The van der Waals surface area contributed by atoms with E-state index in [2.05, 4.69) is 9.67 Å². The summed E-state index contributed by atoms with van der Waals surface area (Å²) in [6.07, 6.45) is 10.2. The van der Waals surface area contributed by atoms with Crippen molar-refractivity contribution < 1.29 is 4.79 Å². The van der Waals surface area contributed by atoms with E-state index in [-0.39, 0.29) is 11.5 Å². The maximum Gasteiger partial charge on any atom is 0.281 e. The first-order chi connectivity index (χ1) is 18.4. The molecule has 2 fully saturated rings. The van der Waals surface area contributed by atoms with Crippen LogP contribution >= 0.6 is 0 Å². The summed E-state index contributed by atoms with van der Waals surface area (Å²) in [5.41, 5.74) is 5.27. The third kappa shape index (κ3) is 3.81. The summed E-state index contributed by atoms with van der Waals surface area (Å²) < 4.78 is 5.24. The summed E-state index contributed by atoms with van der Waals surface area (Å²) in [5, 5.41) is 10.2. The molecule has 192 valence electrons. The van der Waals surface area contributed by atoms with Crippen LogP contribution in [-0.4, -0.2) is 54.0 Å². The highest BCUT2D eigenvalue weighted by molar-refractivity contribution is 6.08. The lowest BCUT2D eigenvalue weighted by molar-refractivity contribution is 0.0829. The molecule has 5 aromatic rings. The summed E-state index contributed by atoms with van der Waals surface area (Å²) >= 11 is 0. The van der Waals surface area contributed by atoms with Crippen LogP contribution in [-0.2, 0) is 13.6 Å². The van der Waals surface area contributed by atoms with Gasteiger partial charge < -0.3 is 9.47 Å². The van der Waals surface area contributed by atoms with Crippen molar-refractivity contribution in [2.45, 2.75) is 38.1 Å². The average molecular weight is 508 g/mol. The minimum atomic E-state index is -0.235. The number of fused-ring (bicyclic) bond motifs is 2. The fourth-order valence-electron chi connectivity index (χ4n) is 5.26. The monoisotopic (exact) mass is 507 g/mol. The van der Waals surface area contributed by atoms with E-state index in [1.165, 1.54) is 4.68 Å². The van der Waals surface area contributed by atoms with Crippen molar-refractivity contribution in [2.75, 3.05) is 14.1 Å². The molecule has 4 aromatic heterocycles. The number of nitrogens with zero attached hydrogens (tertiary/aromatic N) is 7. The van der Waals surface area contributed by atoms with Gasteiger partial charge in [-0.1, -0.05) is 6.07 Å². The molecule has 7 rings (SSSR count). The maximum absolute atomic E-state index is 14.3. The largest absolute Gasteiger partial charge is 0.345 e. The number of benzene rings is 1. The fourth-order valence-corrected chi connectivity index (χ4v) is 5.26. The summed E-state index contributed by atoms with van der Waals surface area (Å²) in [6, 6.07) is 9.68. The predicted molar refractivity (Wildman–Crippen MR) is 146 cm³/mol. The molecule has 0 saturated heterocycles. The van der Waals surface area contributed by atoms with E-state index in [1.54, 1.807) is 29.9 Å². The van der Waals surface area contributed by atoms with Crippen LogP contribution in [0.1, 0.15) is 47.7 Å². The molecule has 0 atom stereocenters. The van der Waals surface area contributed by atoms with Crippen LogP contribution in [0.2, 0.25) is 0 Å². The molecule has 0 unspecified atom stereocenters. The number of rotatable bonds is 6. The van der Waals surface area contributed by atoms with Gasteiger partial charge in [-0.25, -0.2) is 0 Å². The highest BCUT2D eigenvalue weighted by Crippen LogP contribution is 2.40. The molecule has 2 saturated carbocycles. The highest BCUT2D eigenvalue weighted by Gasteiger charge is 2.29. The first-order valence-electron chi connectivity index (χ1n) is 13.2. The number of carbonyl (C=O) groups excluding carboxylic acids is 1. The Hall–Kier alpha value is -4.27. The minimum absolute atomic E-state index is 0.141. The molecule has 0 spiro atoms. The molecule has 2 aliphatic rings. The first-order valence-corrected chi connectivity index (χ1v) is 13.2. The molecule has 9 heteroatoms. The summed E-state index contributed by atoms with van der Waals surface area (Å²) in [5.74, 6) is 0.928. The van der Waals surface area contributed by atoms with E-state index in [9.17, 15) is 9.59 Å². The lowest BCUT2D eigenvalue weighted by Gasteiger charge is -2.13. The molecular weight excluding hydrogens is 478 g/mol. The Balaban J connectivity index is 1.52. The number of hydrogen-bond acceptors (Lipinski definition) is 5. The SMILES string of the molecule is CN(C)C(=O)c1cn(CC2CC2)c2c(-c3ccc(C4CC4)nc3)c(=O)n(-c3ccc4nn(C)cc4c3)nc12. The van der Waals surface area contributed by atoms with E-state index >= 15 is 0 Å². The fraction of sp³-hybridized carbons (Fsp3) is 0.345. The van der Waals surface area contributed by atoms with Gasteiger partial charge in [0.05, 0.1) is 27.8 Å². The first kappa shape index (κ1) is 22.9. The zero-order chi connectivity index (χ0) is 26.1. The number of amides is 1. The van der Waals surface area contributed by atoms with Crippen LogP contribution in [0.3, 0.4) is 0 Å². The van der Waals surface area contributed by atoms with Crippen LogP contribution in [0.25, 0.3) is 38.8 Å². The highest BCUT2D eigenvalue weighted by atomic mass is 16.2.